The molecule has 1 saturated heterocycles. The number of benzene rings is 2. The second-order valence-electron chi connectivity index (χ2n) is 5.30. The molecule has 0 unspecified atom stereocenters. The maximum atomic E-state index is 12.9. The van der Waals surface area contributed by atoms with Crippen LogP contribution in [-0.2, 0) is 20.5 Å². The summed E-state index contributed by atoms with van der Waals surface area (Å²) >= 11 is 0. The Labute approximate surface area is 138 Å². The number of carbonyl (C=O) groups is 1. The van der Waals surface area contributed by atoms with Crippen LogP contribution in [0.4, 0.5) is 20.6 Å². The summed E-state index contributed by atoms with van der Waals surface area (Å²) in [4.78, 5) is 13.0. The molecule has 2 aromatic carbocycles. The second kappa shape index (κ2) is 6.48. The van der Waals surface area contributed by atoms with Gasteiger partial charge in [-0.1, -0.05) is 12.1 Å². The molecule has 0 aromatic heterocycles. The number of carbonyl (C=O) groups excluding carboxylic acids is 1. The van der Waals surface area contributed by atoms with Crippen LogP contribution < -0.4 is 9.62 Å². The molecule has 0 saturated carbocycles. The highest BCUT2D eigenvalue weighted by Gasteiger charge is 2.23. The number of halogens is 1. The topological polar surface area (TPSA) is 75.7 Å². The number of ether oxygens (including phenoxy) is 1. The Morgan fingerprint density at radius 1 is 1.08 bits per heavy atom. The van der Waals surface area contributed by atoms with Crippen molar-refractivity contribution in [2.45, 2.75) is 5.75 Å². The van der Waals surface area contributed by atoms with E-state index in [0.29, 0.717) is 30.1 Å². The van der Waals surface area contributed by atoms with Gasteiger partial charge in [0.1, 0.15) is 12.4 Å². The summed E-state index contributed by atoms with van der Waals surface area (Å²) in [7, 11) is -3.62. The molecule has 0 bridgehead atoms. The zero-order chi connectivity index (χ0) is 17.2. The fourth-order valence-electron chi connectivity index (χ4n) is 2.35. The van der Waals surface area contributed by atoms with Gasteiger partial charge < -0.3 is 4.74 Å². The SMILES string of the molecule is O=C1OCCN1c1ccc(NS(=O)(=O)Cc2ccc(F)cc2)cc1. The normalized spacial score (nSPS) is 14.5. The maximum Gasteiger partial charge on any atom is 0.414 e. The van der Waals surface area contributed by atoms with Crippen molar-refractivity contribution in [1.82, 2.24) is 0 Å². The van der Waals surface area contributed by atoms with Crippen LogP contribution in [0.1, 0.15) is 5.56 Å². The highest BCUT2D eigenvalue weighted by atomic mass is 32.2. The molecule has 1 fully saturated rings. The third-order valence-electron chi connectivity index (χ3n) is 3.48. The highest BCUT2D eigenvalue weighted by Crippen LogP contribution is 2.22. The Balaban J connectivity index is 1.68. The monoisotopic (exact) mass is 350 g/mol. The number of amides is 1. The van der Waals surface area contributed by atoms with Crippen LogP contribution in [0, 0.1) is 5.82 Å². The van der Waals surface area contributed by atoms with Crippen LogP contribution in [0.3, 0.4) is 0 Å². The Morgan fingerprint density at radius 2 is 1.75 bits per heavy atom. The minimum absolute atomic E-state index is 0.256. The Morgan fingerprint density at radius 3 is 2.33 bits per heavy atom. The van der Waals surface area contributed by atoms with Crippen molar-refractivity contribution in [2.75, 3.05) is 22.8 Å². The van der Waals surface area contributed by atoms with Crippen molar-refractivity contribution in [3.8, 4) is 0 Å². The maximum absolute atomic E-state index is 12.9. The van der Waals surface area contributed by atoms with Gasteiger partial charge in [0.2, 0.25) is 10.0 Å². The standard InChI is InChI=1S/C16H15FN2O4S/c17-13-3-1-12(2-4-13)11-24(21,22)18-14-5-7-15(8-6-14)19-9-10-23-16(19)20/h1-8,18H,9-11H2. The number of anilines is 2. The first kappa shape index (κ1) is 16.3. The van der Waals surface area contributed by atoms with Gasteiger partial charge in [-0.2, -0.15) is 0 Å². The summed E-state index contributed by atoms with van der Waals surface area (Å²) in [6.45, 7) is 0.805. The Bertz CT molecular complexity index is 835. The van der Waals surface area contributed by atoms with E-state index in [4.69, 9.17) is 4.74 Å². The van der Waals surface area contributed by atoms with Gasteiger partial charge in [0, 0.05) is 11.4 Å². The largest absolute Gasteiger partial charge is 0.447 e. The van der Waals surface area contributed by atoms with E-state index < -0.39 is 21.9 Å². The molecule has 1 aliphatic heterocycles. The molecule has 3 rings (SSSR count). The first-order chi connectivity index (χ1) is 11.4. The number of nitrogens with zero attached hydrogens (tertiary/aromatic N) is 1. The number of nitrogens with one attached hydrogen (secondary N) is 1. The first-order valence-corrected chi connectivity index (χ1v) is 8.87. The van der Waals surface area contributed by atoms with E-state index in [9.17, 15) is 17.6 Å². The van der Waals surface area contributed by atoms with E-state index in [2.05, 4.69) is 4.72 Å². The summed E-state index contributed by atoms with van der Waals surface area (Å²) in [5, 5.41) is 0. The number of hydrogen-bond donors (Lipinski definition) is 1. The molecule has 24 heavy (non-hydrogen) atoms. The molecule has 0 atom stereocenters. The molecule has 0 radical (unpaired) electrons. The predicted octanol–water partition coefficient (Wildman–Crippen LogP) is 2.72. The van der Waals surface area contributed by atoms with Crippen molar-refractivity contribution >= 4 is 27.5 Å². The quantitative estimate of drug-likeness (QED) is 0.900. The lowest BCUT2D eigenvalue weighted by Gasteiger charge is -2.14. The molecule has 1 heterocycles. The summed E-state index contributed by atoms with van der Waals surface area (Å²) < 4.78 is 44.5. The van der Waals surface area contributed by atoms with E-state index in [-0.39, 0.29) is 5.75 Å². The van der Waals surface area contributed by atoms with Gasteiger partial charge in [-0.25, -0.2) is 17.6 Å². The first-order valence-electron chi connectivity index (χ1n) is 7.22. The summed E-state index contributed by atoms with van der Waals surface area (Å²) in [5.74, 6) is -0.673. The lowest BCUT2D eigenvalue weighted by atomic mass is 10.2. The lowest BCUT2D eigenvalue weighted by molar-refractivity contribution is 0.181. The Hall–Kier alpha value is -2.61. The smallest absolute Gasteiger partial charge is 0.414 e. The summed E-state index contributed by atoms with van der Waals surface area (Å²) in [6, 6.07) is 11.7. The highest BCUT2D eigenvalue weighted by molar-refractivity contribution is 7.91. The average Bonchev–Trinajstić information content (AvgIpc) is 2.96. The number of cyclic esters (lactones) is 1. The average molecular weight is 350 g/mol. The fourth-order valence-corrected chi connectivity index (χ4v) is 3.55. The molecular formula is C16H15FN2O4S. The van der Waals surface area contributed by atoms with Crippen LogP contribution in [-0.4, -0.2) is 27.7 Å². The molecular weight excluding hydrogens is 335 g/mol. The van der Waals surface area contributed by atoms with E-state index in [1.807, 2.05) is 0 Å². The van der Waals surface area contributed by atoms with Crippen LogP contribution >= 0.6 is 0 Å². The van der Waals surface area contributed by atoms with Crippen molar-refractivity contribution in [3.63, 3.8) is 0 Å². The molecule has 6 nitrogen and oxygen atoms in total. The molecule has 1 aliphatic rings. The van der Waals surface area contributed by atoms with Crippen LogP contribution in [0.25, 0.3) is 0 Å². The number of sulfonamides is 1. The van der Waals surface area contributed by atoms with Gasteiger partial charge in [-0.05, 0) is 42.0 Å². The van der Waals surface area contributed by atoms with Gasteiger partial charge in [-0.3, -0.25) is 9.62 Å². The van der Waals surface area contributed by atoms with Crippen molar-refractivity contribution in [2.24, 2.45) is 0 Å². The van der Waals surface area contributed by atoms with Gasteiger partial charge in [0.25, 0.3) is 0 Å². The van der Waals surface area contributed by atoms with Crippen molar-refractivity contribution in [1.29, 1.82) is 0 Å². The fraction of sp³-hybridized carbons (Fsp3) is 0.188. The third-order valence-corrected chi connectivity index (χ3v) is 4.74. The summed E-state index contributed by atoms with van der Waals surface area (Å²) in [6.07, 6.45) is -0.417. The second-order valence-corrected chi connectivity index (χ2v) is 7.02. The molecule has 0 aliphatic carbocycles. The third kappa shape index (κ3) is 3.83. The van der Waals surface area contributed by atoms with Gasteiger partial charge in [-0.15, -0.1) is 0 Å². The van der Waals surface area contributed by atoms with Crippen LogP contribution in [0.15, 0.2) is 48.5 Å². The molecule has 2 aromatic rings. The summed E-state index contributed by atoms with van der Waals surface area (Å²) in [5.41, 5.74) is 1.51. The number of rotatable bonds is 5. The van der Waals surface area contributed by atoms with Gasteiger partial charge in [0.05, 0.1) is 12.3 Å². The van der Waals surface area contributed by atoms with Crippen molar-refractivity contribution in [3.05, 3.63) is 59.9 Å². The van der Waals surface area contributed by atoms with E-state index in [1.165, 1.54) is 29.2 Å². The molecule has 126 valence electrons. The van der Waals surface area contributed by atoms with Gasteiger partial charge in [0.15, 0.2) is 0 Å². The minimum atomic E-state index is -3.62. The molecule has 0 spiro atoms. The van der Waals surface area contributed by atoms with Crippen molar-refractivity contribution < 1.29 is 22.3 Å². The van der Waals surface area contributed by atoms with E-state index >= 15 is 0 Å². The number of hydrogen-bond acceptors (Lipinski definition) is 4. The minimum Gasteiger partial charge on any atom is -0.447 e. The predicted molar refractivity (Wildman–Crippen MR) is 87.8 cm³/mol. The Kier molecular flexibility index (Phi) is 4.39. The zero-order valence-electron chi connectivity index (χ0n) is 12.6. The lowest BCUT2D eigenvalue weighted by Crippen LogP contribution is -2.23. The molecule has 1 N–H and O–H groups in total. The molecule has 8 heteroatoms. The van der Waals surface area contributed by atoms with E-state index in [0.717, 1.165) is 0 Å². The van der Waals surface area contributed by atoms with Crippen LogP contribution in [0.2, 0.25) is 0 Å². The van der Waals surface area contributed by atoms with Gasteiger partial charge >= 0.3 is 6.09 Å². The van der Waals surface area contributed by atoms with E-state index in [1.54, 1.807) is 24.3 Å². The molecule has 1 amide bonds. The zero-order valence-corrected chi connectivity index (χ0v) is 13.4. The van der Waals surface area contributed by atoms with Crippen LogP contribution in [0.5, 0.6) is 0 Å².